The molecule has 0 saturated carbocycles. The van der Waals surface area contributed by atoms with Crippen molar-refractivity contribution < 1.29 is 27.4 Å². The summed E-state index contributed by atoms with van der Waals surface area (Å²) >= 11 is 6.21. The minimum atomic E-state index is -3.74. The van der Waals surface area contributed by atoms with Crippen LogP contribution >= 0.6 is 11.6 Å². The molecule has 0 aliphatic heterocycles. The van der Waals surface area contributed by atoms with Crippen molar-refractivity contribution in [2.75, 3.05) is 5.88 Å². The van der Waals surface area contributed by atoms with Gasteiger partial charge in [-0.1, -0.05) is 23.7 Å². The number of rotatable bonds is 8. The second-order valence-electron chi connectivity index (χ2n) is 7.63. The van der Waals surface area contributed by atoms with Crippen LogP contribution < -0.4 is 10.1 Å². The van der Waals surface area contributed by atoms with Crippen molar-refractivity contribution in [1.29, 1.82) is 0 Å². The van der Waals surface area contributed by atoms with Crippen molar-refractivity contribution in [1.82, 2.24) is 15.1 Å². The molecule has 11 heteroatoms. The summed E-state index contributed by atoms with van der Waals surface area (Å²) in [6.45, 7) is -0.236. The number of para-hydroxylation sites is 1. The zero-order valence-corrected chi connectivity index (χ0v) is 18.9. The summed E-state index contributed by atoms with van der Waals surface area (Å²) in [6.07, 6.45) is 3.77. The number of carboxylic acid groups (broad SMARTS) is 1. The standard InChI is InChI=1S/C22H21ClFN3O5S/c23-16-10-14(8-9-20(16)32-21-7-2-1-4-17(21)24)33(30,31)13-25-18-5-3-6-19-15(18)11-26-27(19)12-22(28)29/h1-2,4,7-11,18,25H,3,5-6,12-13H2,(H,28,29)/t18-/m1/s1. The van der Waals surface area contributed by atoms with Gasteiger partial charge in [0, 0.05) is 17.3 Å². The van der Waals surface area contributed by atoms with Crippen molar-refractivity contribution in [3.63, 3.8) is 0 Å². The molecule has 174 valence electrons. The lowest BCUT2D eigenvalue weighted by atomic mass is 9.93. The highest BCUT2D eigenvalue weighted by molar-refractivity contribution is 7.91. The van der Waals surface area contributed by atoms with Gasteiger partial charge >= 0.3 is 5.97 Å². The van der Waals surface area contributed by atoms with E-state index < -0.39 is 21.6 Å². The number of carbonyl (C=O) groups is 1. The lowest BCUT2D eigenvalue weighted by molar-refractivity contribution is -0.137. The van der Waals surface area contributed by atoms with Crippen LogP contribution in [0.3, 0.4) is 0 Å². The summed E-state index contributed by atoms with van der Waals surface area (Å²) in [7, 11) is -3.74. The molecule has 0 amide bonds. The van der Waals surface area contributed by atoms with E-state index in [4.69, 9.17) is 21.4 Å². The molecule has 0 saturated heterocycles. The second-order valence-corrected chi connectivity index (χ2v) is 10.0. The summed E-state index contributed by atoms with van der Waals surface area (Å²) in [4.78, 5) is 11.0. The minimum Gasteiger partial charge on any atom is -0.480 e. The molecule has 3 aromatic rings. The van der Waals surface area contributed by atoms with Gasteiger partial charge in [0.15, 0.2) is 21.4 Å². The quantitative estimate of drug-likeness (QED) is 0.488. The number of aliphatic carboxylic acids is 1. The van der Waals surface area contributed by atoms with E-state index in [-0.39, 0.29) is 39.9 Å². The molecular weight excluding hydrogens is 473 g/mol. The lowest BCUT2D eigenvalue weighted by Crippen LogP contribution is -2.30. The van der Waals surface area contributed by atoms with E-state index in [1.807, 2.05) is 0 Å². The molecule has 0 radical (unpaired) electrons. The molecule has 2 aromatic carbocycles. The molecule has 1 aromatic heterocycles. The maximum Gasteiger partial charge on any atom is 0.325 e. The van der Waals surface area contributed by atoms with Gasteiger partial charge in [0.1, 0.15) is 18.2 Å². The maximum absolute atomic E-state index is 13.8. The molecule has 8 nitrogen and oxygen atoms in total. The third kappa shape index (κ3) is 5.18. The predicted octanol–water partition coefficient (Wildman–Crippen LogP) is 3.95. The first-order valence-corrected chi connectivity index (χ1v) is 12.2. The van der Waals surface area contributed by atoms with Gasteiger partial charge in [0.25, 0.3) is 0 Å². The second kappa shape index (κ2) is 9.50. The molecule has 0 fully saturated rings. The average Bonchev–Trinajstić information content (AvgIpc) is 3.18. The van der Waals surface area contributed by atoms with Crippen LogP contribution in [0.15, 0.2) is 53.6 Å². The fourth-order valence-electron chi connectivity index (χ4n) is 3.79. The molecule has 0 bridgehead atoms. The highest BCUT2D eigenvalue weighted by Crippen LogP contribution is 2.33. The Morgan fingerprint density at radius 3 is 2.79 bits per heavy atom. The minimum absolute atomic E-state index is 0.00140. The highest BCUT2D eigenvalue weighted by atomic mass is 35.5. The molecule has 2 N–H and O–H groups in total. The van der Waals surface area contributed by atoms with Crippen molar-refractivity contribution in [2.24, 2.45) is 0 Å². The number of sulfone groups is 1. The number of benzene rings is 2. The number of hydrogen-bond donors (Lipinski definition) is 2. The van der Waals surface area contributed by atoms with Crippen molar-refractivity contribution in [3.8, 4) is 11.5 Å². The Kier molecular flexibility index (Phi) is 6.68. The fourth-order valence-corrected chi connectivity index (χ4v) is 5.24. The van der Waals surface area contributed by atoms with E-state index in [1.54, 1.807) is 12.3 Å². The van der Waals surface area contributed by atoms with Crippen molar-refractivity contribution >= 4 is 27.4 Å². The van der Waals surface area contributed by atoms with Crippen LogP contribution in [0.4, 0.5) is 4.39 Å². The number of carboxylic acids is 1. The van der Waals surface area contributed by atoms with Crippen LogP contribution in [0.2, 0.25) is 5.02 Å². The van der Waals surface area contributed by atoms with Crippen molar-refractivity contribution in [2.45, 2.75) is 36.7 Å². The molecule has 33 heavy (non-hydrogen) atoms. The topological polar surface area (TPSA) is 111 Å². The zero-order chi connectivity index (χ0) is 23.6. The first-order valence-electron chi connectivity index (χ1n) is 10.2. The van der Waals surface area contributed by atoms with Crippen LogP contribution in [-0.4, -0.2) is 35.2 Å². The Bertz CT molecular complexity index is 1290. The first-order chi connectivity index (χ1) is 15.7. The number of aromatic nitrogens is 2. The van der Waals surface area contributed by atoms with Crippen molar-refractivity contribution in [3.05, 3.63) is 70.8 Å². The molecule has 1 aliphatic rings. The van der Waals surface area contributed by atoms with E-state index in [2.05, 4.69) is 10.4 Å². The van der Waals surface area contributed by atoms with E-state index >= 15 is 0 Å². The summed E-state index contributed by atoms with van der Waals surface area (Å²) in [5.41, 5.74) is 1.61. The Morgan fingerprint density at radius 2 is 2.06 bits per heavy atom. The Balaban J connectivity index is 1.47. The van der Waals surface area contributed by atoms with Crippen LogP contribution in [0.25, 0.3) is 0 Å². The Hall–Kier alpha value is -2.95. The van der Waals surface area contributed by atoms with E-state index in [9.17, 15) is 17.6 Å². The maximum atomic E-state index is 13.8. The van der Waals surface area contributed by atoms with Gasteiger partial charge < -0.3 is 9.84 Å². The van der Waals surface area contributed by atoms with Crippen LogP contribution in [-0.2, 0) is 27.6 Å². The fraction of sp³-hybridized carbons (Fsp3) is 0.273. The largest absolute Gasteiger partial charge is 0.480 e. The van der Waals surface area contributed by atoms with E-state index in [0.717, 1.165) is 17.7 Å². The summed E-state index contributed by atoms with van der Waals surface area (Å²) in [5, 5.41) is 16.3. The molecule has 1 heterocycles. The molecular formula is C22H21ClFN3O5S. The molecule has 4 rings (SSSR count). The number of hydrogen-bond acceptors (Lipinski definition) is 6. The van der Waals surface area contributed by atoms with Crippen LogP contribution in [0.1, 0.15) is 30.1 Å². The summed E-state index contributed by atoms with van der Waals surface area (Å²) < 4.78 is 46.5. The number of fused-ring (bicyclic) bond motifs is 1. The Morgan fingerprint density at radius 1 is 1.27 bits per heavy atom. The smallest absolute Gasteiger partial charge is 0.325 e. The van der Waals surface area contributed by atoms with Gasteiger partial charge in [-0.05, 0) is 49.6 Å². The first kappa shape index (κ1) is 23.2. The number of ether oxygens (including phenoxy) is 1. The Labute approximate surface area is 194 Å². The SMILES string of the molecule is O=C(O)Cn1ncc2c1CCC[C@H]2NCS(=O)(=O)c1ccc(Oc2ccccc2F)c(Cl)c1. The molecule has 1 aliphatic carbocycles. The van der Waals surface area contributed by atoms with Gasteiger partial charge in [-0.2, -0.15) is 5.10 Å². The number of nitrogens with zero attached hydrogens (tertiary/aromatic N) is 2. The van der Waals surface area contributed by atoms with Crippen LogP contribution in [0.5, 0.6) is 11.5 Å². The molecule has 0 spiro atoms. The van der Waals surface area contributed by atoms with Gasteiger partial charge in [0.2, 0.25) is 0 Å². The zero-order valence-electron chi connectivity index (χ0n) is 17.4. The lowest BCUT2D eigenvalue weighted by Gasteiger charge is -2.24. The van der Waals surface area contributed by atoms with Gasteiger partial charge in [-0.3, -0.25) is 14.8 Å². The number of halogens is 2. The average molecular weight is 494 g/mol. The van der Waals surface area contributed by atoms with Crippen LogP contribution in [0, 0.1) is 5.82 Å². The normalized spacial score (nSPS) is 15.8. The molecule has 1 atom stereocenters. The monoisotopic (exact) mass is 493 g/mol. The third-order valence-corrected chi connectivity index (χ3v) is 7.20. The van der Waals surface area contributed by atoms with Gasteiger partial charge in [-0.15, -0.1) is 0 Å². The summed E-state index contributed by atoms with van der Waals surface area (Å²) in [6, 6.07) is 9.58. The van der Waals surface area contributed by atoms with E-state index in [0.29, 0.717) is 12.8 Å². The van der Waals surface area contributed by atoms with Gasteiger partial charge in [0.05, 0.1) is 16.1 Å². The number of nitrogens with one attached hydrogen (secondary N) is 1. The van der Waals surface area contributed by atoms with E-state index in [1.165, 1.54) is 41.1 Å². The summed E-state index contributed by atoms with van der Waals surface area (Å²) in [5.74, 6) is -1.78. The third-order valence-electron chi connectivity index (χ3n) is 5.39. The molecule has 0 unspecified atom stereocenters. The predicted molar refractivity (Wildman–Crippen MR) is 119 cm³/mol. The van der Waals surface area contributed by atoms with Gasteiger partial charge in [-0.25, -0.2) is 12.8 Å². The highest BCUT2D eigenvalue weighted by Gasteiger charge is 2.27.